The Labute approximate surface area is 110 Å². The molecule has 0 bridgehead atoms. The number of hydrogen-bond acceptors (Lipinski definition) is 4. The van der Waals surface area contributed by atoms with Gasteiger partial charge in [-0.1, -0.05) is 0 Å². The number of carbonyl (C=O) groups excluding carboxylic acids is 1. The Kier molecular flexibility index (Phi) is 4.23. The summed E-state index contributed by atoms with van der Waals surface area (Å²) in [5.74, 6) is 2.04. The summed E-state index contributed by atoms with van der Waals surface area (Å²) in [6.07, 6.45) is 2.62. The maximum Gasteiger partial charge on any atom is 0.227 e. The lowest BCUT2D eigenvalue weighted by Crippen LogP contribution is -2.35. The second-order valence-corrected chi connectivity index (χ2v) is 5.99. The number of anilines is 2. The number of fused-ring (bicyclic) bond motifs is 1. The molecule has 3 nitrogen and oxygen atoms in total. The Morgan fingerprint density at radius 1 is 1.59 bits per heavy atom. The average molecular weight is 268 g/mol. The third kappa shape index (κ3) is 2.90. The van der Waals surface area contributed by atoms with Crippen molar-refractivity contribution in [1.82, 2.24) is 0 Å². The van der Waals surface area contributed by atoms with Gasteiger partial charge in [-0.3, -0.25) is 4.79 Å². The van der Waals surface area contributed by atoms with Gasteiger partial charge >= 0.3 is 0 Å². The molecule has 0 saturated heterocycles. The van der Waals surface area contributed by atoms with Gasteiger partial charge in [0, 0.05) is 35.1 Å². The normalized spacial score (nSPS) is 14.5. The summed E-state index contributed by atoms with van der Waals surface area (Å²) in [5, 5.41) is 0. The fourth-order valence-electron chi connectivity index (χ4n) is 1.82. The van der Waals surface area contributed by atoms with Crippen LogP contribution in [0.15, 0.2) is 23.1 Å². The van der Waals surface area contributed by atoms with Crippen molar-refractivity contribution in [3.05, 3.63) is 18.2 Å². The van der Waals surface area contributed by atoms with Gasteiger partial charge in [0.25, 0.3) is 0 Å². The van der Waals surface area contributed by atoms with Gasteiger partial charge in [-0.25, -0.2) is 0 Å². The molecule has 0 unspecified atom stereocenters. The van der Waals surface area contributed by atoms with Crippen molar-refractivity contribution >= 4 is 40.8 Å². The first-order valence-electron chi connectivity index (χ1n) is 5.54. The van der Waals surface area contributed by atoms with E-state index in [0.29, 0.717) is 12.1 Å². The number of rotatable bonds is 3. The van der Waals surface area contributed by atoms with Crippen molar-refractivity contribution in [1.29, 1.82) is 0 Å². The SMILES string of the molecule is CSCCC(=O)N1CCSc2ccc(N)cc21. The molecule has 0 fully saturated rings. The molecule has 1 aliphatic heterocycles. The lowest BCUT2D eigenvalue weighted by atomic mass is 10.2. The molecule has 1 aliphatic rings. The number of hydrogen-bond donors (Lipinski definition) is 1. The van der Waals surface area contributed by atoms with Crippen molar-refractivity contribution in [2.75, 3.05) is 34.9 Å². The van der Waals surface area contributed by atoms with Crippen LogP contribution >= 0.6 is 23.5 Å². The molecule has 2 N–H and O–H groups in total. The Balaban J connectivity index is 2.21. The number of thioether (sulfide) groups is 2. The molecule has 1 aromatic rings. The van der Waals surface area contributed by atoms with Crippen LogP contribution in [0.25, 0.3) is 0 Å². The lowest BCUT2D eigenvalue weighted by Gasteiger charge is -2.29. The van der Waals surface area contributed by atoms with E-state index in [-0.39, 0.29) is 5.91 Å². The van der Waals surface area contributed by atoms with Crippen LogP contribution in [-0.2, 0) is 4.79 Å². The van der Waals surface area contributed by atoms with Crippen LogP contribution in [0.1, 0.15) is 6.42 Å². The van der Waals surface area contributed by atoms with Crippen molar-refractivity contribution in [3.63, 3.8) is 0 Å². The van der Waals surface area contributed by atoms with Crippen LogP contribution in [0.4, 0.5) is 11.4 Å². The monoisotopic (exact) mass is 268 g/mol. The lowest BCUT2D eigenvalue weighted by molar-refractivity contribution is -0.118. The van der Waals surface area contributed by atoms with Gasteiger partial charge in [0.1, 0.15) is 0 Å². The number of nitrogens with two attached hydrogens (primary N) is 1. The van der Waals surface area contributed by atoms with Gasteiger partial charge < -0.3 is 10.6 Å². The van der Waals surface area contributed by atoms with Crippen molar-refractivity contribution < 1.29 is 4.79 Å². The van der Waals surface area contributed by atoms with Crippen LogP contribution in [-0.4, -0.2) is 30.2 Å². The molecule has 1 amide bonds. The molecule has 17 heavy (non-hydrogen) atoms. The molecule has 2 rings (SSSR count). The minimum Gasteiger partial charge on any atom is -0.399 e. The van der Waals surface area contributed by atoms with Crippen LogP contribution in [0, 0.1) is 0 Å². The predicted molar refractivity (Wildman–Crippen MR) is 76.9 cm³/mol. The second-order valence-electron chi connectivity index (χ2n) is 3.86. The fraction of sp³-hybridized carbons (Fsp3) is 0.417. The third-order valence-electron chi connectivity index (χ3n) is 2.67. The van der Waals surface area contributed by atoms with E-state index in [1.165, 1.54) is 0 Å². The molecule has 0 saturated carbocycles. The maximum absolute atomic E-state index is 12.1. The highest BCUT2D eigenvalue weighted by atomic mass is 32.2. The summed E-state index contributed by atoms with van der Waals surface area (Å²) in [6, 6.07) is 5.80. The van der Waals surface area contributed by atoms with Gasteiger partial charge in [0.2, 0.25) is 5.91 Å². The standard InChI is InChI=1S/C12H16N2OS2/c1-16-6-4-12(15)14-5-7-17-11-3-2-9(13)8-10(11)14/h2-3,8H,4-7,13H2,1H3. The topological polar surface area (TPSA) is 46.3 Å². The van der Waals surface area contributed by atoms with E-state index in [0.717, 1.165) is 28.6 Å². The van der Waals surface area contributed by atoms with Crippen molar-refractivity contribution in [2.45, 2.75) is 11.3 Å². The Morgan fingerprint density at radius 3 is 3.18 bits per heavy atom. The van der Waals surface area contributed by atoms with E-state index in [1.54, 1.807) is 23.5 Å². The molecule has 1 aromatic carbocycles. The Hall–Kier alpha value is -0.810. The number of carbonyl (C=O) groups is 1. The molecule has 5 heteroatoms. The molecular formula is C12H16N2OS2. The van der Waals surface area contributed by atoms with Crippen LogP contribution in [0.2, 0.25) is 0 Å². The highest BCUT2D eigenvalue weighted by Gasteiger charge is 2.22. The largest absolute Gasteiger partial charge is 0.399 e. The third-order valence-corrected chi connectivity index (χ3v) is 4.32. The van der Waals surface area contributed by atoms with Gasteiger partial charge in [-0.2, -0.15) is 11.8 Å². The second kappa shape index (κ2) is 5.69. The molecule has 1 heterocycles. The van der Waals surface area contributed by atoms with Crippen molar-refractivity contribution in [2.24, 2.45) is 0 Å². The number of amides is 1. The summed E-state index contributed by atoms with van der Waals surface area (Å²) in [5.41, 5.74) is 7.49. The fourth-order valence-corrected chi connectivity index (χ4v) is 3.17. The maximum atomic E-state index is 12.1. The number of nitrogen functional groups attached to an aromatic ring is 1. The Bertz CT molecular complexity index is 423. The highest BCUT2D eigenvalue weighted by Crippen LogP contribution is 2.36. The first-order valence-corrected chi connectivity index (χ1v) is 7.92. The van der Waals surface area contributed by atoms with Crippen LogP contribution in [0.5, 0.6) is 0 Å². The van der Waals surface area contributed by atoms with E-state index in [2.05, 4.69) is 0 Å². The molecule has 92 valence electrons. The van der Waals surface area contributed by atoms with E-state index in [9.17, 15) is 4.79 Å². The smallest absolute Gasteiger partial charge is 0.227 e. The van der Waals surface area contributed by atoms with Gasteiger partial charge in [0.15, 0.2) is 0 Å². The molecule has 0 radical (unpaired) electrons. The first kappa shape index (κ1) is 12.6. The highest BCUT2D eigenvalue weighted by molar-refractivity contribution is 7.99. The Morgan fingerprint density at radius 2 is 2.41 bits per heavy atom. The van der Waals surface area contributed by atoms with E-state index < -0.39 is 0 Å². The zero-order chi connectivity index (χ0) is 12.3. The molecular weight excluding hydrogens is 252 g/mol. The summed E-state index contributed by atoms with van der Waals surface area (Å²) in [7, 11) is 0. The van der Waals surface area contributed by atoms with E-state index >= 15 is 0 Å². The molecule has 0 aromatic heterocycles. The summed E-state index contributed by atoms with van der Waals surface area (Å²) < 4.78 is 0. The van der Waals surface area contributed by atoms with Crippen molar-refractivity contribution in [3.8, 4) is 0 Å². The average Bonchev–Trinajstić information content (AvgIpc) is 2.35. The van der Waals surface area contributed by atoms with Gasteiger partial charge in [-0.15, -0.1) is 11.8 Å². The van der Waals surface area contributed by atoms with Crippen LogP contribution in [0.3, 0.4) is 0 Å². The van der Waals surface area contributed by atoms with E-state index in [4.69, 9.17) is 5.73 Å². The number of benzene rings is 1. The zero-order valence-corrected chi connectivity index (χ0v) is 11.4. The first-order chi connectivity index (χ1) is 8.22. The van der Waals surface area contributed by atoms with Crippen LogP contribution < -0.4 is 10.6 Å². The summed E-state index contributed by atoms with van der Waals surface area (Å²) in [4.78, 5) is 15.1. The summed E-state index contributed by atoms with van der Waals surface area (Å²) >= 11 is 3.49. The molecule has 0 spiro atoms. The quantitative estimate of drug-likeness (QED) is 0.855. The predicted octanol–water partition coefficient (Wildman–Crippen LogP) is 2.46. The van der Waals surface area contributed by atoms with Gasteiger partial charge in [0.05, 0.1) is 5.69 Å². The molecule has 0 atom stereocenters. The molecule has 0 aliphatic carbocycles. The van der Waals surface area contributed by atoms with E-state index in [1.807, 2.05) is 29.4 Å². The number of nitrogens with zero attached hydrogens (tertiary/aromatic N) is 1. The van der Waals surface area contributed by atoms with Gasteiger partial charge in [-0.05, 0) is 24.5 Å². The zero-order valence-electron chi connectivity index (χ0n) is 9.81. The summed E-state index contributed by atoms with van der Waals surface area (Å²) in [6.45, 7) is 0.786. The minimum atomic E-state index is 0.200. The minimum absolute atomic E-state index is 0.200.